The Hall–Kier alpha value is -3.14. The number of amides is 1. The fourth-order valence-electron chi connectivity index (χ4n) is 3.06. The molecule has 1 amide bonds. The first-order valence-electron chi connectivity index (χ1n) is 8.27. The lowest BCUT2D eigenvalue weighted by molar-refractivity contribution is -0.127. The molecule has 4 rings (SSSR count). The summed E-state index contributed by atoms with van der Waals surface area (Å²) in [6.45, 7) is 2.03. The predicted octanol–water partition coefficient (Wildman–Crippen LogP) is 3.60. The number of hydrazone groups is 1. The fourth-order valence-corrected chi connectivity index (χ4v) is 3.06. The van der Waals surface area contributed by atoms with E-state index in [1.165, 1.54) is 5.56 Å². The Balaban J connectivity index is 1.45. The number of fused-ring (bicyclic) bond motifs is 3. The fraction of sp³-hybridized carbons (Fsp3) is 0.143. The average molecular weight is 330 g/mol. The summed E-state index contributed by atoms with van der Waals surface area (Å²) in [6.07, 6.45) is 1.65. The van der Waals surface area contributed by atoms with Gasteiger partial charge in [-0.25, -0.2) is 5.43 Å². The van der Waals surface area contributed by atoms with Crippen LogP contribution in [-0.4, -0.2) is 18.2 Å². The molecule has 1 atom stereocenters. The van der Waals surface area contributed by atoms with Crippen molar-refractivity contribution >= 4 is 22.9 Å². The van der Waals surface area contributed by atoms with Crippen LogP contribution in [-0.2, 0) is 11.2 Å². The Labute approximate surface area is 146 Å². The Bertz CT molecular complexity index is 961. The van der Waals surface area contributed by atoms with Crippen molar-refractivity contribution in [1.82, 2.24) is 5.43 Å². The van der Waals surface area contributed by atoms with Gasteiger partial charge >= 0.3 is 0 Å². The largest absolute Gasteiger partial charge is 0.480 e. The minimum atomic E-state index is -0.545. The van der Waals surface area contributed by atoms with E-state index in [-0.39, 0.29) is 5.91 Å². The van der Waals surface area contributed by atoms with Crippen LogP contribution in [0.3, 0.4) is 0 Å². The maximum Gasteiger partial charge on any atom is 0.281 e. The summed E-state index contributed by atoms with van der Waals surface area (Å²) in [4.78, 5) is 12.3. The lowest BCUT2D eigenvalue weighted by Crippen LogP contribution is -2.34. The lowest BCUT2D eigenvalue weighted by Gasteiger charge is -2.08. The number of ether oxygens (including phenoxy) is 1. The van der Waals surface area contributed by atoms with E-state index in [1.54, 1.807) is 6.21 Å². The maximum absolute atomic E-state index is 12.3. The van der Waals surface area contributed by atoms with Crippen molar-refractivity contribution in [3.63, 3.8) is 0 Å². The topological polar surface area (TPSA) is 50.7 Å². The van der Waals surface area contributed by atoms with Crippen LogP contribution in [0.15, 0.2) is 65.8 Å². The Morgan fingerprint density at radius 1 is 1.12 bits per heavy atom. The SMILES string of the molecule is Cc1ccc(/C=N\NC(=O)C2Cc3c(ccc4ccccc34)O2)cc1. The molecule has 25 heavy (non-hydrogen) atoms. The van der Waals surface area contributed by atoms with Crippen LogP contribution in [0.5, 0.6) is 5.75 Å². The zero-order valence-corrected chi connectivity index (χ0v) is 13.9. The van der Waals surface area contributed by atoms with Crippen LogP contribution in [0.2, 0.25) is 0 Å². The number of nitrogens with zero attached hydrogens (tertiary/aromatic N) is 1. The average Bonchev–Trinajstić information content (AvgIpc) is 3.08. The molecule has 124 valence electrons. The smallest absolute Gasteiger partial charge is 0.281 e. The van der Waals surface area contributed by atoms with Gasteiger partial charge in [0.25, 0.3) is 5.91 Å². The summed E-state index contributed by atoms with van der Waals surface area (Å²) >= 11 is 0. The molecule has 0 fully saturated rings. The second-order valence-corrected chi connectivity index (χ2v) is 6.22. The normalized spacial score (nSPS) is 16.0. The van der Waals surface area contributed by atoms with E-state index in [2.05, 4.69) is 22.7 Å². The number of rotatable bonds is 3. The third kappa shape index (κ3) is 3.11. The van der Waals surface area contributed by atoms with Gasteiger partial charge in [0.15, 0.2) is 6.10 Å². The number of benzene rings is 3. The molecule has 1 unspecified atom stereocenters. The van der Waals surface area contributed by atoms with E-state index in [0.717, 1.165) is 27.6 Å². The van der Waals surface area contributed by atoms with Gasteiger partial charge in [0.2, 0.25) is 0 Å². The maximum atomic E-state index is 12.3. The van der Waals surface area contributed by atoms with Crippen molar-refractivity contribution in [2.45, 2.75) is 19.4 Å². The van der Waals surface area contributed by atoms with Gasteiger partial charge < -0.3 is 4.74 Å². The predicted molar refractivity (Wildman–Crippen MR) is 99.0 cm³/mol. The number of hydrogen-bond donors (Lipinski definition) is 1. The minimum absolute atomic E-state index is 0.233. The molecule has 4 heteroatoms. The molecule has 0 aromatic heterocycles. The van der Waals surface area contributed by atoms with Crippen LogP contribution < -0.4 is 10.2 Å². The summed E-state index contributed by atoms with van der Waals surface area (Å²) in [5.41, 5.74) is 5.78. The van der Waals surface area contributed by atoms with E-state index in [9.17, 15) is 4.79 Å². The zero-order valence-electron chi connectivity index (χ0n) is 13.9. The quantitative estimate of drug-likeness (QED) is 0.589. The zero-order chi connectivity index (χ0) is 17.2. The molecule has 0 spiro atoms. The third-order valence-corrected chi connectivity index (χ3v) is 4.41. The highest BCUT2D eigenvalue weighted by atomic mass is 16.5. The molecule has 0 aliphatic carbocycles. The number of aryl methyl sites for hydroxylation is 1. The van der Waals surface area contributed by atoms with Gasteiger partial charge in [-0.3, -0.25) is 4.79 Å². The molecule has 0 bridgehead atoms. The molecule has 3 aromatic rings. The van der Waals surface area contributed by atoms with Gasteiger partial charge in [0.1, 0.15) is 5.75 Å². The minimum Gasteiger partial charge on any atom is -0.480 e. The molecule has 0 radical (unpaired) electrons. The van der Waals surface area contributed by atoms with Gasteiger partial charge in [0, 0.05) is 12.0 Å². The first-order chi connectivity index (χ1) is 12.2. The van der Waals surface area contributed by atoms with E-state index < -0.39 is 6.10 Å². The molecule has 1 aliphatic heterocycles. The number of hydrogen-bond acceptors (Lipinski definition) is 3. The van der Waals surface area contributed by atoms with Crippen molar-refractivity contribution < 1.29 is 9.53 Å². The van der Waals surface area contributed by atoms with E-state index in [0.29, 0.717) is 6.42 Å². The molecular formula is C21H18N2O2. The summed E-state index contributed by atoms with van der Waals surface area (Å²) < 4.78 is 5.81. The first-order valence-corrected chi connectivity index (χ1v) is 8.27. The Morgan fingerprint density at radius 2 is 1.92 bits per heavy atom. The molecule has 1 aliphatic rings. The first kappa shape index (κ1) is 15.4. The summed E-state index contributed by atoms with van der Waals surface area (Å²) in [5, 5.41) is 6.33. The van der Waals surface area contributed by atoms with Gasteiger partial charge in [-0.05, 0) is 29.3 Å². The molecule has 0 saturated heterocycles. The van der Waals surface area contributed by atoms with Gasteiger partial charge in [0.05, 0.1) is 6.21 Å². The second-order valence-electron chi connectivity index (χ2n) is 6.22. The van der Waals surface area contributed by atoms with E-state index in [4.69, 9.17) is 4.74 Å². The highest BCUT2D eigenvalue weighted by molar-refractivity contribution is 5.91. The molecule has 3 aromatic carbocycles. The Morgan fingerprint density at radius 3 is 2.76 bits per heavy atom. The summed E-state index contributed by atoms with van der Waals surface area (Å²) in [5.74, 6) is 0.546. The monoisotopic (exact) mass is 330 g/mol. The summed E-state index contributed by atoms with van der Waals surface area (Å²) in [6, 6.07) is 20.0. The van der Waals surface area contributed by atoms with Gasteiger partial charge in [-0.15, -0.1) is 0 Å². The molecule has 1 N–H and O–H groups in total. The van der Waals surface area contributed by atoms with Crippen molar-refractivity contribution in [2.75, 3.05) is 0 Å². The lowest BCUT2D eigenvalue weighted by atomic mass is 10.0. The third-order valence-electron chi connectivity index (χ3n) is 4.41. The van der Waals surface area contributed by atoms with Crippen LogP contribution >= 0.6 is 0 Å². The standard InChI is InChI=1S/C21H18N2O2/c1-14-6-8-15(9-7-14)13-22-23-21(24)20-12-18-17-5-3-2-4-16(17)10-11-19(18)25-20/h2-11,13,20H,12H2,1H3,(H,23,24)/b22-13-. The van der Waals surface area contributed by atoms with E-state index >= 15 is 0 Å². The van der Waals surface area contributed by atoms with Gasteiger partial charge in [-0.2, -0.15) is 5.10 Å². The van der Waals surface area contributed by atoms with Crippen molar-refractivity contribution in [1.29, 1.82) is 0 Å². The highest BCUT2D eigenvalue weighted by Gasteiger charge is 2.30. The number of carbonyl (C=O) groups excluding carboxylic acids is 1. The van der Waals surface area contributed by atoms with Crippen LogP contribution in [0.1, 0.15) is 16.7 Å². The van der Waals surface area contributed by atoms with Crippen molar-refractivity contribution in [2.24, 2.45) is 5.10 Å². The Kier molecular flexibility index (Phi) is 3.94. The van der Waals surface area contributed by atoms with Gasteiger partial charge in [-0.1, -0.05) is 60.2 Å². The molecule has 4 nitrogen and oxygen atoms in total. The number of nitrogens with one attached hydrogen (secondary N) is 1. The number of carbonyl (C=O) groups is 1. The second kappa shape index (κ2) is 6.40. The van der Waals surface area contributed by atoms with Crippen molar-refractivity contribution in [3.8, 4) is 5.75 Å². The molecule has 0 saturated carbocycles. The van der Waals surface area contributed by atoms with Crippen molar-refractivity contribution in [3.05, 3.63) is 77.4 Å². The summed E-state index contributed by atoms with van der Waals surface area (Å²) in [7, 11) is 0. The van der Waals surface area contributed by atoms with E-state index in [1.807, 2.05) is 55.5 Å². The van der Waals surface area contributed by atoms with Crippen LogP contribution in [0, 0.1) is 6.92 Å². The van der Waals surface area contributed by atoms with Crippen LogP contribution in [0.4, 0.5) is 0 Å². The van der Waals surface area contributed by atoms with Crippen LogP contribution in [0.25, 0.3) is 10.8 Å². The molecule has 1 heterocycles. The molecular weight excluding hydrogens is 312 g/mol. The highest BCUT2D eigenvalue weighted by Crippen LogP contribution is 2.34.